The minimum absolute atomic E-state index is 0.0861. The second-order valence-corrected chi connectivity index (χ2v) is 6.92. The molecular weight excluding hydrogens is 360 g/mol. The van der Waals surface area contributed by atoms with Crippen molar-refractivity contribution >= 4 is 29.5 Å². The van der Waals surface area contributed by atoms with E-state index in [2.05, 4.69) is 36.6 Å². The Morgan fingerprint density at radius 3 is 2.33 bits per heavy atom. The first kappa shape index (κ1) is 20.7. The Bertz CT molecular complexity index is 798. The fourth-order valence-corrected chi connectivity index (χ4v) is 2.71. The SMILES string of the molecule is CC(C)c1ccc(/C=C/CC(=O)NCCNC(=O)c2ccccc2Cl)cc1. The molecule has 0 aliphatic rings. The first-order chi connectivity index (χ1) is 13.0. The van der Waals surface area contributed by atoms with Crippen molar-refractivity contribution in [2.45, 2.75) is 26.2 Å². The molecule has 0 radical (unpaired) electrons. The molecule has 5 heteroatoms. The summed E-state index contributed by atoms with van der Waals surface area (Å²) in [5.41, 5.74) is 2.79. The van der Waals surface area contributed by atoms with Crippen LogP contribution >= 0.6 is 11.6 Å². The van der Waals surface area contributed by atoms with Crippen LogP contribution in [0.3, 0.4) is 0 Å². The summed E-state index contributed by atoms with van der Waals surface area (Å²) in [7, 11) is 0. The summed E-state index contributed by atoms with van der Waals surface area (Å²) in [4.78, 5) is 23.8. The largest absolute Gasteiger partial charge is 0.354 e. The van der Waals surface area contributed by atoms with Crippen molar-refractivity contribution in [3.05, 3.63) is 76.3 Å². The van der Waals surface area contributed by atoms with Gasteiger partial charge < -0.3 is 10.6 Å². The highest BCUT2D eigenvalue weighted by atomic mass is 35.5. The van der Waals surface area contributed by atoms with Crippen molar-refractivity contribution in [2.24, 2.45) is 0 Å². The number of halogens is 1. The Morgan fingerprint density at radius 2 is 1.67 bits per heavy atom. The predicted molar refractivity (Wildman–Crippen MR) is 111 cm³/mol. The van der Waals surface area contributed by atoms with E-state index in [9.17, 15) is 9.59 Å². The number of hydrogen-bond donors (Lipinski definition) is 2. The molecule has 2 aromatic rings. The third kappa shape index (κ3) is 6.91. The number of amides is 2. The summed E-state index contributed by atoms with van der Waals surface area (Å²) in [6, 6.07) is 15.2. The summed E-state index contributed by atoms with van der Waals surface area (Å²) in [6.45, 7) is 5.03. The molecule has 0 saturated heterocycles. The van der Waals surface area contributed by atoms with Gasteiger partial charge in [0.05, 0.1) is 10.6 Å². The number of nitrogens with one attached hydrogen (secondary N) is 2. The first-order valence-corrected chi connectivity index (χ1v) is 9.41. The van der Waals surface area contributed by atoms with E-state index >= 15 is 0 Å². The fraction of sp³-hybridized carbons (Fsp3) is 0.273. The van der Waals surface area contributed by atoms with Crippen molar-refractivity contribution in [3.8, 4) is 0 Å². The van der Waals surface area contributed by atoms with Gasteiger partial charge in [-0.25, -0.2) is 0 Å². The van der Waals surface area contributed by atoms with E-state index in [4.69, 9.17) is 11.6 Å². The maximum Gasteiger partial charge on any atom is 0.252 e. The second kappa shape index (κ2) is 10.5. The van der Waals surface area contributed by atoms with Crippen LogP contribution in [0, 0.1) is 0 Å². The van der Waals surface area contributed by atoms with Gasteiger partial charge in [-0.3, -0.25) is 9.59 Å². The van der Waals surface area contributed by atoms with Crippen LogP contribution in [0.1, 0.15) is 47.7 Å². The lowest BCUT2D eigenvalue weighted by atomic mass is 10.0. The van der Waals surface area contributed by atoms with Crippen LogP contribution in [0.5, 0.6) is 0 Å². The zero-order chi connectivity index (χ0) is 19.6. The molecule has 0 spiro atoms. The Hall–Kier alpha value is -2.59. The highest BCUT2D eigenvalue weighted by molar-refractivity contribution is 6.33. The maximum absolute atomic E-state index is 12.0. The average molecular weight is 385 g/mol. The van der Waals surface area contributed by atoms with E-state index in [0.29, 0.717) is 36.0 Å². The van der Waals surface area contributed by atoms with Crippen molar-refractivity contribution < 1.29 is 9.59 Å². The summed E-state index contributed by atoms with van der Waals surface area (Å²) < 4.78 is 0. The van der Waals surface area contributed by atoms with Crippen LogP contribution in [0.15, 0.2) is 54.6 Å². The zero-order valence-electron chi connectivity index (χ0n) is 15.7. The topological polar surface area (TPSA) is 58.2 Å². The number of rotatable bonds is 8. The molecular formula is C22H25ClN2O2. The van der Waals surface area contributed by atoms with Gasteiger partial charge >= 0.3 is 0 Å². The van der Waals surface area contributed by atoms with Crippen molar-refractivity contribution in [1.82, 2.24) is 10.6 Å². The molecule has 2 aromatic carbocycles. The normalized spacial score (nSPS) is 11.0. The Balaban J connectivity index is 1.67. The number of hydrogen-bond acceptors (Lipinski definition) is 2. The van der Waals surface area contributed by atoms with Gasteiger partial charge in [-0.05, 0) is 29.2 Å². The summed E-state index contributed by atoms with van der Waals surface area (Å²) in [6.07, 6.45) is 4.06. The highest BCUT2D eigenvalue weighted by Gasteiger charge is 2.08. The first-order valence-electron chi connectivity index (χ1n) is 9.03. The lowest BCUT2D eigenvalue weighted by Gasteiger charge is -2.07. The minimum Gasteiger partial charge on any atom is -0.354 e. The molecule has 0 unspecified atom stereocenters. The summed E-state index contributed by atoms with van der Waals surface area (Å²) in [5.74, 6) is 0.170. The third-order valence-corrected chi connectivity index (χ3v) is 4.40. The molecule has 2 amide bonds. The van der Waals surface area contributed by atoms with E-state index in [1.54, 1.807) is 24.3 Å². The Kier molecular flexibility index (Phi) is 8.08. The van der Waals surface area contributed by atoms with Gasteiger partial charge in [-0.2, -0.15) is 0 Å². The Labute approximate surface area is 165 Å². The third-order valence-electron chi connectivity index (χ3n) is 4.07. The number of carbonyl (C=O) groups excluding carboxylic acids is 2. The molecule has 27 heavy (non-hydrogen) atoms. The zero-order valence-corrected chi connectivity index (χ0v) is 16.4. The van der Waals surface area contributed by atoms with E-state index in [1.807, 2.05) is 24.3 Å². The van der Waals surface area contributed by atoms with Gasteiger partial charge in [0.1, 0.15) is 0 Å². The molecule has 4 nitrogen and oxygen atoms in total. The molecule has 0 atom stereocenters. The van der Waals surface area contributed by atoms with E-state index < -0.39 is 0 Å². The molecule has 2 N–H and O–H groups in total. The van der Waals surface area contributed by atoms with Crippen LogP contribution < -0.4 is 10.6 Å². The summed E-state index contributed by atoms with van der Waals surface area (Å²) >= 11 is 5.98. The quantitative estimate of drug-likeness (QED) is 0.662. The van der Waals surface area contributed by atoms with E-state index in [1.165, 1.54) is 5.56 Å². The average Bonchev–Trinajstić information content (AvgIpc) is 2.66. The van der Waals surface area contributed by atoms with Crippen LogP contribution in [0.4, 0.5) is 0 Å². The highest BCUT2D eigenvalue weighted by Crippen LogP contribution is 2.15. The smallest absolute Gasteiger partial charge is 0.252 e. The van der Waals surface area contributed by atoms with Gasteiger partial charge in [-0.1, -0.05) is 74.0 Å². The molecule has 2 rings (SSSR count). The standard InChI is InChI=1S/C22H25ClN2O2/c1-16(2)18-12-10-17(11-13-18)6-5-9-21(26)24-14-15-25-22(27)19-7-3-4-8-20(19)23/h3-8,10-13,16H,9,14-15H2,1-2H3,(H,24,26)(H,25,27)/b6-5+. The fourth-order valence-electron chi connectivity index (χ4n) is 2.48. The molecule has 0 aromatic heterocycles. The summed E-state index contributed by atoms with van der Waals surface area (Å²) in [5, 5.41) is 5.92. The minimum atomic E-state index is -0.250. The maximum atomic E-state index is 12.0. The molecule has 0 bridgehead atoms. The molecule has 0 fully saturated rings. The monoisotopic (exact) mass is 384 g/mol. The van der Waals surface area contributed by atoms with Crippen LogP contribution in [-0.2, 0) is 4.79 Å². The predicted octanol–water partition coefficient (Wildman–Crippen LogP) is 4.41. The van der Waals surface area contributed by atoms with E-state index in [0.717, 1.165) is 5.56 Å². The van der Waals surface area contributed by atoms with Crippen molar-refractivity contribution in [2.75, 3.05) is 13.1 Å². The molecule has 0 aliphatic heterocycles. The Morgan fingerprint density at radius 1 is 1.00 bits per heavy atom. The van der Waals surface area contributed by atoms with Crippen LogP contribution in [0.25, 0.3) is 6.08 Å². The van der Waals surface area contributed by atoms with Gasteiger partial charge in [0.15, 0.2) is 0 Å². The van der Waals surface area contributed by atoms with Crippen LogP contribution in [0.2, 0.25) is 5.02 Å². The lowest BCUT2D eigenvalue weighted by Crippen LogP contribution is -2.34. The molecule has 0 saturated carbocycles. The van der Waals surface area contributed by atoms with Gasteiger partial charge in [0, 0.05) is 19.5 Å². The van der Waals surface area contributed by atoms with Gasteiger partial charge in [0.25, 0.3) is 5.91 Å². The number of benzene rings is 2. The van der Waals surface area contributed by atoms with E-state index in [-0.39, 0.29) is 11.8 Å². The van der Waals surface area contributed by atoms with Gasteiger partial charge in [0.2, 0.25) is 5.91 Å². The van der Waals surface area contributed by atoms with Crippen LogP contribution in [-0.4, -0.2) is 24.9 Å². The lowest BCUT2D eigenvalue weighted by molar-refractivity contribution is -0.120. The number of carbonyl (C=O) groups is 2. The molecule has 142 valence electrons. The van der Waals surface area contributed by atoms with Crippen molar-refractivity contribution in [3.63, 3.8) is 0 Å². The molecule has 0 heterocycles. The van der Waals surface area contributed by atoms with Crippen molar-refractivity contribution in [1.29, 1.82) is 0 Å². The van der Waals surface area contributed by atoms with Gasteiger partial charge in [-0.15, -0.1) is 0 Å². The second-order valence-electron chi connectivity index (χ2n) is 6.51. The molecule has 0 aliphatic carbocycles.